The number of hydrogen-bond acceptors (Lipinski definition) is 3. The highest BCUT2D eigenvalue weighted by atomic mass is 32.2. The van der Waals surface area contributed by atoms with Crippen LogP contribution in [0.4, 0.5) is 5.69 Å². The fourth-order valence-electron chi connectivity index (χ4n) is 3.13. The van der Waals surface area contributed by atoms with E-state index in [1.54, 1.807) is 18.2 Å². The van der Waals surface area contributed by atoms with E-state index < -0.39 is 10.0 Å². The summed E-state index contributed by atoms with van der Waals surface area (Å²) in [4.78, 5) is 12.7. The number of rotatable bonds is 4. The first-order valence-corrected chi connectivity index (χ1v) is 10.6. The third kappa shape index (κ3) is 4.39. The minimum Gasteiger partial charge on any atom is -0.322 e. The monoisotopic (exact) mass is 386 g/mol. The van der Waals surface area contributed by atoms with Crippen molar-refractivity contribution in [1.29, 1.82) is 0 Å². The first-order valence-electron chi connectivity index (χ1n) is 9.20. The lowest BCUT2D eigenvalue weighted by Crippen LogP contribution is -2.28. The molecule has 0 radical (unpaired) electrons. The Kier molecular flexibility index (Phi) is 5.40. The minimum atomic E-state index is -3.54. The summed E-state index contributed by atoms with van der Waals surface area (Å²) in [5, 5.41) is 2.84. The van der Waals surface area contributed by atoms with Crippen LogP contribution in [0.5, 0.6) is 0 Å². The van der Waals surface area contributed by atoms with Crippen molar-refractivity contribution in [2.75, 3.05) is 18.4 Å². The van der Waals surface area contributed by atoms with Crippen molar-refractivity contribution < 1.29 is 13.2 Å². The van der Waals surface area contributed by atoms with Crippen molar-refractivity contribution in [2.45, 2.75) is 43.9 Å². The lowest BCUT2D eigenvalue weighted by Gasteiger charge is -2.19. The van der Waals surface area contributed by atoms with Gasteiger partial charge in [-0.1, -0.05) is 39.0 Å². The first-order chi connectivity index (χ1) is 12.7. The molecule has 27 heavy (non-hydrogen) atoms. The summed E-state index contributed by atoms with van der Waals surface area (Å²) in [6.45, 7) is 7.48. The largest absolute Gasteiger partial charge is 0.322 e. The molecule has 0 aromatic heterocycles. The number of benzene rings is 2. The van der Waals surface area contributed by atoms with Gasteiger partial charge in [0, 0.05) is 24.3 Å². The van der Waals surface area contributed by atoms with E-state index in [0.29, 0.717) is 24.3 Å². The Labute approximate surface area is 161 Å². The zero-order chi connectivity index (χ0) is 19.7. The first kappa shape index (κ1) is 19.6. The number of nitrogens with zero attached hydrogens (tertiary/aromatic N) is 1. The van der Waals surface area contributed by atoms with Crippen LogP contribution in [0.15, 0.2) is 53.4 Å². The van der Waals surface area contributed by atoms with Crippen molar-refractivity contribution >= 4 is 21.6 Å². The Morgan fingerprint density at radius 3 is 2.22 bits per heavy atom. The average molecular weight is 387 g/mol. The molecule has 0 saturated carbocycles. The predicted octanol–water partition coefficient (Wildman–Crippen LogP) is 4.02. The number of amides is 1. The number of hydrogen-bond donors (Lipinski definition) is 1. The van der Waals surface area contributed by atoms with Gasteiger partial charge >= 0.3 is 0 Å². The molecule has 1 N–H and O–H groups in total. The van der Waals surface area contributed by atoms with Crippen molar-refractivity contribution in [3.63, 3.8) is 0 Å². The molecule has 1 amide bonds. The molecule has 0 bridgehead atoms. The fourth-order valence-corrected chi connectivity index (χ4v) is 4.70. The van der Waals surface area contributed by atoms with Gasteiger partial charge in [-0.3, -0.25) is 4.79 Å². The van der Waals surface area contributed by atoms with Crippen LogP contribution in [0.1, 0.15) is 49.5 Å². The third-order valence-corrected chi connectivity index (χ3v) is 6.70. The molecule has 0 aliphatic carbocycles. The predicted molar refractivity (Wildman–Crippen MR) is 108 cm³/mol. The van der Waals surface area contributed by atoms with Gasteiger partial charge in [0.25, 0.3) is 5.91 Å². The molecule has 144 valence electrons. The molecule has 2 aromatic rings. The van der Waals surface area contributed by atoms with Gasteiger partial charge < -0.3 is 5.32 Å². The molecule has 1 aliphatic heterocycles. The molecular formula is C21H26N2O3S. The standard InChI is InChI=1S/C21H26N2O3S/c1-21(2,3)17-9-11-18(12-10-17)22-20(24)16-7-6-8-19(15-16)27(25,26)23-13-4-5-14-23/h6-12,15H,4-5,13-14H2,1-3H3,(H,22,24). The van der Waals surface area contributed by atoms with Gasteiger partial charge in [-0.15, -0.1) is 0 Å². The quantitative estimate of drug-likeness (QED) is 0.863. The van der Waals surface area contributed by atoms with E-state index in [4.69, 9.17) is 0 Å². The second-order valence-electron chi connectivity index (χ2n) is 7.92. The molecule has 5 nitrogen and oxygen atoms in total. The third-order valence-electron chi connectivity index (χ3n) is 4.81. The van der Waals surface area contributed by atoms with Crippen molar-refractivity contribution in [2.24, 2.45) is 0 Å². The Balaban J connectivity index is 1.78. The summed E-state index contributed by atoms with van der Waals surface area (Å²) in [5.74, 6) is -0.322. The summed E-state index contributed by atoms with van der Waals surface area (Å²) in [7, 11) is -3.54. The molecule has 1 fully saturated rings. The van der Waals surface area contributed by atoms with E-state index >= 15 is 0 Å². The maximum Gasteiger partial charge on any atom is 0.255 e. The number of sulfonamides is 1. The van der Waals surface area contributed by atoms with E-state index in [1.165, 1.54) is 15.9 Å². The van der Waals surface area contributed by atoms with Crippen LogP contribution in [-0.2, 0) is 15.4 Å². The highest BCUT2D eigenvalue weighted by Gasteiger charge is 2.27. The Hall–Kier alpha value is -2.18. The Morgan fingerprint density at radius 1 is 1.00 bits per heavy atom. The number of nitrogens with one attached hydrogen (secondary N) is 1. The lowest BCUT2D eigenvalue weighted by atomic mass is 9.87. The smallest absolute Gasteiger partial charge is 0.255 e. The van der Waals surface area contributed by atoms with Gasteiger partial charge in [-0.25, -0.2) is 8.42 Å². The zero-order valence-corrected chi connectivity index (χ0v) is 16.8. The molecule has 0 spiro atoms. The molecule has 1 saturated heterocycles. The van der Waals surface area contributed by atoms with E-state index in [2.05, 4.69) is 26.1 Å². The lowest BCUT2D eigenvalue weighted by molar-refractivity contribution is 0.102. The van der Waals surface area contributed by atoms with Crippen LogP contribution in [0.3, 0.4) is 0 Å². The van der Waals surface area contributed by atoms with E-state index in [1.807, 2.05) is 24.3 Å². The fraction of sp³-hybridized carbons (Fsp3) is 0.381. The highest BCUT2D eigenvalue weighted by molar-refractivity contribution is 7.89. The molecule has 1 heterocycles. The Morgan fingerprint density at radius 2 is 1.63 bits per heavy atom. The van der Waals surface area contributed by atoms with Crippen LogP contribution >= 0.6 is 0 Å². The summed E-state index contributed by atoms with van der Waals surface area (Å²) in [6.07, 6.45) is 1.76. The van der Waals surface area contributed by atoms with Crippen LogP contribution in [0.2, 0.25) is 0 Å². The van der Waals surface area contributed by atoms with Gasteiger partial charge in [0.1, 0.15) is 0 Å². The van der Waals surface area contributed by atoms with Crippen LogP contribution in [-0.4, -0.2) is 31.7 Å². The van der Waals surface area contributed by atoms with Gasteiger partial charge in [-0.2, -0.15) is 4.31 Å². The van der Waals surface area contributed by atoms with Crippen LogP contribution < -0.4 is 5.32 Å². The second kappa shape index (κ2) is 7.44. The van der Waals surface area contributed by atoms with Gasteiger partial charge in [0.05, 0.1) is 4.90 Å². The summed E-state index contributed by atoms with van der Waals surface area (Å²) in [6, 6.07) is 13.9. The maximum atomic E-state index is 12.7. The highest BCUT2D eigenvalue weighted by Crippen LogP contribution is 2.24. The van der Waals surface area contributed by atoms with E-state index in [9.17, 15) is 13.2 Å². The summed E-state index contributed by atoms with van der Waals surface area (Å²) in [5.41, 5.74) is 2.23. The number of carbonyl (C=O) groups excluding carboxylic acids is 1. The van der Waals surface area contributed by atoms with Crippen molar-refractivity contribution in [3.8, 4) is 0 Å². The van der Waals surface area contributed by atoms with Crippen molar-refractivity contribution in [3.05, 3.63) is 59.7 Å². The summed E-state index contributed by atoms with van der Waals surface area (Å²) < 4.78 is 26.9. The van der Waals surface area contributed by atoms with Gasteiger partial charge in [0.2, 0.25) is 10.0 Å². The molecule has 0 unspecified atom stereocenters. The van der Waals surface area contributed by atoms with Crippen LogP contribution in [0.25, 0.3) is 0 Å². The SMILES string of the molecule is CC(C)(C)c1ccc(NC(=O)c2cccc(S(=O)(=O)N3CCCC3)c2)cc1. The number of anilines is 1. The second-order valence-corrected chi connectivity index (χ2v) is 9.86. The molecule has 6 heteroatoms. The van der Waals surface area contributed by atoms with Crippen LogP contribution in [0, 0.1) is 0 Å². The maximum absolute atomic E-state index is 12.7. The zero-order valence-electron chi connectivity index (χ0n) is 16.0. The minimum absolute atomic E-state index is 0.0425. The Bertz CT molecular complexity index is 923. The summed E-state index contributed by atoms with van der Waals surface area (Å²) >= 11 is 0. The average Bonchev–Trinajstić information content (AvgIpc) is 3.17. The topological polar surface area (TPSA) is 66.5 Å². The van der Waals surface area contributed by atoms with Crippen molar-refractivity contribution in [1.82, 2.24) is 4.31 Å². The normalized spacial score (nSPS) is 15.7. The van der Waals surface area contributed by atoms with E-state index in [0.717, 1.165) is 12.8 Å². The van der Waals surface area contributed by atoms with Gasteiger partial charge in [0.15, 0.2) is 0 Å². The molecule has 1 aliphatic rings. The van der Waals surface area contributed by atoms with E-state index in [-0.39, 0.29) is 16.2 Å². The molecule has 3 rings (SSSR count). The molecule has 0 atom stereocenters. The van der Waals surface area contributed by atoms with Gasteiger partial charge in [-0.05, 0) is 54.2 Å². The molecular weight excluding hydrogens is 360 g/mol. The molecule has 2 aromatic carbocycles. The number of carbonyl (C=O) groups is 1.